The molecule has 1 unspecified atom stereocenters. The van der Waals surface area contributed by atoms with E-state index in [2.05, 4.69) is 23.3 Å². The molecule has 0 radical (unpaired) electrons. The molecule has 2 rings (SSSR count). The number of hydrogen-bond donors (Lipinski definition) is 1. The van der Waals surface area contributed by atoms with Crippen LogP contribution in [-0.2, 0) is 0 Å². The van der Waals surface area contributed by atoms with Gasteiger partial charge < -0.3 is 5.32 Å². The Kier molecular flexibility index (Phi) is 5.11. The van der Waals surface area contributed by atoms with Crippen molar-refractivity contribution in [3.05, 3.63) is 52.1 Å². The van der Waals surface area contributed by atoms with E-state index < -0.39 is 0 Å². The van der Waals surface area contributed by atoms with Gasteiger partial charge in [-0.3, -0.25) is 0 Å². The fourth-order valence-corrected chi connectivity index (χ4v) is 2.75. The Morgan fingerprint density at radius 2 is 2.00 bits per heavy atom. The average molecular weight is 313 g/mol. The van der Waals surface area contributed by atoms with Gasteiger partial charge in [0.1, 0.15) is 5.03 Å². The van der Waals surface area contributed by atoms with Gasteiger partial charge in [-0.2, -0.15) is 0 Å². The Bertz CT molecular complexity index is 558. The molecule has 1 aromatic carbocycles. The predicted molar refractivity (Wildman–Crippen MR) is 82.3 cm³/mol. The quantitative estimate of drug-likeness (QED) is 0.876. The van der Waals surface area contributed by atoms with Gasteiger partial charge in [0.2, 0.25) is 0 Å². The first-order valence-corrected chi connectivity index (χ1v) is 7.43. The van der Waals surface area contributed by atoms with Gasteiger partial charge >= 0.3 is 0 Å². The molecule has 0 saturated carbocycles. The summed E-state index contributed by atoms with van der Waals surface area (Å²) >= 11 is 13.7. The second-order valence-electron chi connectivity index (χ2n) is 4.12. The molecule has 0 saturated heterocycles. The summed E-state index contributed by atoms with van der Waals surface area (Å²) in [6.07, 6.45) is 1.63. The number of pyridine rings is 1. The molecule has 0 aliphatic heterocycles. The van der Waals surface area contributed by atoms with Gasteiger partial charge in [0, 0.05) is 17.1 Å². The van der Waals surface area contributed by atoms with Crippen LogP contribution in [-0.4, -0.2) is 12.0 Å². The highest BCUT2D eigenvalue weighted by atomic mass is 35.5. The van der Waals surface area contributed by atoms with Crippen LogP contribution in [0.1, 0.15) is 18.5 Å². The lowest BCUT2D eigenvalue weighted by molar-refractivity contribution is 0.652. The fraction of sp³-hybridized carbons (Fsp3) is 0.214. The molecule has 100 valence electrons. The Morgan fingerprint density at radius 1 is 1.21 bits per heavy atom. The highest BCUT2D eigenvalue weighted by molar-refractivity contribution is 7.99. The number of rotatable bonds is 4. The zero-order valence-corrected chi connectivity index (χ0v) is 13.0. The van der Waals surface area contributed by atoms with Gasteiger partial charge in [0.15, 0.2) is 0 Å². The van der Waals surface area contributed by atoms with Crippen molar-refractivity contribution in [2.24, 2.45) is 0 Å². The first-order chi connectivity index (χ1) is 9.10. The Balaban J connectivity index is 2.19. The largest absolute Gasteiger partial charge is 0.313 e. The lowest BCUT2D eigenvalue weighted by Gasteiger charge is -2.12. The summed E-state index contributed by atoms with van der Waals surface area (Å²) in [5.74, 6) is 0. The zero-order valence-electron chi connectivity index (χ0n) is 10.7. The lowest BCUT2D eigenvalue weighted by Crippen LogP contribution is -2.12. The van der Waals surface area contributed by atoms with Crippen molar-refractivity contribution in [3.8, 4) is 0 Å². The maximum atomic E-state index is 6.31. The summed E-state index contributed by atoms with van der Waals surface area (Å²) in [5, 5.41) is 5.44. The molecule has 0 aliphatic rings. The van der Waals surface area contributed by atoms with E-state index in [1.165, 1.54) is 17.3 Å². The van der Waals surface area contributed by atoms with Crippen molar-refractivity contribution in [2.45, 2.75) is 22.9 Å². The molecule has 0 spiro atoms. The highest BCUT2D eigenvalue weighted by Crippen LogP contribution is 2.34. The van der Waals surface area contributed by atoms with Gasteiger partial charge in [0.25, 0.3) is 0 Å². The molecule has 0 fully saturated rings. The molecule has 2 aromatic rings. The minimum Gasteiger partial charge on any atom is -0.313 e. The smallest absolute Gasteiger partial charge is 0.101 e. The predicted octanol–water partition coefficient (Wildman–Crippen LogP) is 4.82. The van der Waals surface area contributed by atoms with Crippen molar-refractivity contribution in [3.63, 3.8) is 0 Å². The molecule has 1 heterocycles. The second kappa shape index (κ2) is 6.62. The van der Waals surface area contributed by atoms with Crippen LogP contribution in [0.25, 0.3) is 0 Å². The van der Waals surface area contributed by atoms with Crippen LogP contribution in [0.3, 0.4) is 0 Å². The topological polar surface area (TPSA) is 24.9 Å². The van der Waals surface area contributed by atoms with Gasteiger partial charge in [0.05, 0.1) is 10.0 Å². The minimum absolute atomic E-state index is 0.283. The van der Waals surface area contributed by atoms with E-state index >= 15 is 0 Å². The molecular weight excluding hydrogens is 299 g/mol. The van der Waals surface area contributed by atoms with E-state index in [4.69, 9.17) is 23.2 Å². The van der Waals surface area contributed by atoms with E-state index in [1.54, 1.807) is 6.20 Å². The third-order valence-electron chi connectivity index (χ3n) is 2.80. The maximum absolute atomic E-state index is 6.31. The molecule has 1 N–H and O–H groups in total. The van der Waals surface area contributed by atoms with Crippen LogP contribution < -0.4 is 5.32 Å². The highest BCUT2D eigenvalue weighted by Gasteiger charge is 2.08. The third-order valence-corrected chi connectivity index (χ3v) is 4.48. The van der Waals surface area contributed by atoms with Crippen LogP contribution in [0.15, 0.2) is 46.5 Å². The normalized spacial score (nSPS) is 12.4. The summed E-state index contributed by atoms with van der Waals surface area (Å²) in [6, 6.07) is 10.1. The standard InChI is InChI=1S/C14H14Cl2N2S/c1-9(17-2)10-3-5-13(12(16)7-10)19-14-6-4-11(15)8-18-14/h3-9,17H,1-2H3. The monoisotopic (exact) mass is 312 g/mol. The zero-order chi connectivity index (χ0) is 13.8. The van der Waals surface area contributed by atoms with Crippen molar-refractivity contribution in [2.75, 3.05) is 7.05 Å². The summed E-state index contributed by atoms with van der Waals surface area (Å²) in [5.41, 5.74) is 1.17. The Labute approximate surface area is 127 Å². The van der Waals surface area contributed by atoms with Crippen LogP contribution >= 0.6 is 35.0 Å². The SMILES string of the molecule is CNC(C)c1ccc(Sc2ccc(Cl)cn2)c(Cl)c1. The average Bonchev–Trinajstić information content (AvgIpc) is 2.42. The van der Waals surface area contributed by atoms with Gasteiger partial charge in [-0.25, -0.2) is 4.98 Å². The van der Waals surface area contributed by atoms with Crippen LogP contribution in [0.5, 0.6) is 0 Å². The van der Waals surface area contributed by atoms with E-state index in [9.17, 15) is 0 Å². The number of halogens is 2. The minimum atomic E-state index is 0.283. The van der Waals surface area contributed by atoms with Gasteiger partial charge in [-0.1, -0.05) is 41.0 Å². The fourth-order valence-electron chi connectivity index (χ4n) is 1.57. The van der Waals surface area contributed by atoms with Gasteiger partial charge in [-0.15, -0.1) is 0 Å². The molecule has 19 heavy (non-hydrogen) atoms. The molecular formula is C14H14Cl2N2S. The van der Waals surface area contributed by atoms with E-state index in [-0.39, 0.29) is 6.04 Å². The molecule has 0 bridgehead atoms. The molecule has 0 amide bonds. The number of aromatic nitrogens is 1. The van der Waals surface area contributed by atoms with Crippen molar-refractivity contribution in [1.82, 2.24) is 10.3 Å². The molecule has 2 nitrogen and oxygen atoms in total. The van der Waals surface area contributed by atoms with Crippen LogP contribution in [0.4, 0.5) is 0 Å². The summed E-state index contributed by atoms with van der Waals surface area (Å²) in [6.45, 7) is 2.10. The van der Waals surface area contributed by atoms with Crippen molar-refractivity contribution in [1.29, 1.82) is 0 Å². The van der Waals surface area contributed by atoms with Crippen molar-refractivity contribution < 1.29 is 0 Å². The first kappa shape index (κ1) is 14.7. The van der Waals surface area contributed by atoms with Crippen LogP contribution in [0, 0.1) is 0 Å². The molecule has 1 aromatic heterocycles. The summed E-state index contributed by atoms with van der Waals surface area (Å²) < 4.78 is 0. The second-order valence-corrected chi connectivity index (χ2v) is 6.02. The summed E-state index contributed by atoms with van der Waals surface area (Å²) in [7, 11) is 1.93. The maximum Gasteiger partial charge on any atom is 0.101 e. The number of nitrogens with one attached hydrogen (secondary N) is 1. The number of nitrogens with zero attached hydrogens (tertiary/aromatic N) is 1. The first-order valence-electron chi connectivity index (χ1n) is 5.86. The Morgan fingerprint density at radius 3 is 2.58 bits per heavy atom. The number of hydrogen-bond acceptors (Lipinski definition) is 3. The van der Waals surface area contributed by atoms with Gasteiger partial charge in [-0.05, 0) is 43.8 Å². The van der Waals surface area contributed by atoms with E-state index in [0.717, 1.165) is 14.9 Å². The van der Waals surface area contributed by atoms with E-state index in [0.29, 0.717) is 5.02 Å². The van der Waals surface area contributed by atoms with E-state index in [1.807, 2.05) is 31.3 Å². The number of benzene rings is 1. The van der Waals surface area contributed by atoms with Crippen LogP contribution in [0.2, 0.25) is 10.0 Å². The molecule has 5 heteroatoms. The lowest BCUT2D eigenvalue weighted by atomic mass is 10.1. The third kappa shape index (κ3) is 3.86. The molecule has 0 aliphatic carbocycles. The molecule has 1 atom stereocenters. The van der Waals surface area contributed by atoms with Crippen molar-refractivity contribution >= 4 is 35.0 Å². The Hall–Kier alpha value is -0.740. The summed E-state index contributed by atoms with van der Waals surface area (Å²) in [4.78, 5) is 5.24.